The minimum atomic E-state index is -0.519. The highest BCUT2D eigenvalue weighted by atomic mass is 19.1. The second-order valence-corrected chi connectivity index (χ2v) is 3.34. The first kappa shape index (κ1) is 11.1. The zero-order chi connectivity index (χ0) is 12.4. The molecule has 1 amide bonds. The molecule has 0 saturated carbocycles. The van der Waals surface area contributed by atoms with Crippen molar-refractivity contribution in [2.45, 2.75) is 0 Å². The van der Waals surface area contributed by atoms with E-state index in [-0.39, 0.29) is 11.5 Å². The molecule has 7 heteroatoms. The van der Waals surface area contributed by atoms with Crippen LogP contribution in [-0.2, 0) is 0 Å². The lowest BCUT2D eigenvalue weighted by Crippen LogP contribution is -2.27. The minimum absolute atomic E-state index is 0.0988. The Balaban J connectivity index is 2.30. The predicted octanol–water partition coefficient (Wildman–Crippen LogP) is 1.07. The first-order valence-corrected chi connectivity index (χ1v) is 4.71. The second kappa shape index (κ2) is 4.20. The maximum atomic E-state index is 13.0. The van der Waals surface area contributed by atoms with E-state index in [1.165, 1.54) is 30.1 Å². The van der Waals surface area contributed by atoms with Crippen LogP contribution in [0.2, 0.25) is 0 Å². The number of nitrogens with zero attached hydrogens (tertiary/aromatic N) is 3. The van der Waals surface area contributed by atoms with E-state index >= 15 is 0 Å². The maximum absolute atomic E-state index is 13.0. The average molecular weight is 236 g/mol. The Labute approximate surface area is 95.8 Å². The SMILES string of the molecule is CN(C(=O)c1nonc1N)c1cccc(F)c1. The molecule has 0 bridgehead atoms. The van der Waals surface area contributed by atoms with Crippen molar-refractivity contribution in [3.63, 3.8) is 0 Å². The van der Waals surface area contributed by atoms with Crippen LogP contribution < -0.4 is 10.6 Å². The number of benzene rings is 1. The molecular weight excluding hydrogens is 227 g/mol. The van der Waals surface area contributed by atoms with Gasteiger partial charge in [-0.25, -0.2) is 9.02 Å². The van der Waals surface area contributed by atoms with Gasteiger partial charge in [-0.2, -0.15) is 0 Å². The van der Waals surface area contributed by atoms with E-state index in [9.17, 15) is 9.18 Å². The number of aromatic nitrogens is 2. The standard InChI is InChI=1S/C10H9FN4O2/c1-15(7-4-2-3-6(11)5-7)10(16)8-9(12)14-17-13-8/h2-5H,1H3,(H2,12,14). The monoisotopic (exact) mass is 236 g/mol. The summed E-state index contributed by atoms with van der Waals surface area (Å²) in [5, 5.41) is 6.69. The summed E-state index contributed by atoms with van der Waals surface area (Å²) in [6.07, 6.45) is 0. The smallest absolute Gasteiger partial charge is 0.284 e. The lowest BCUT2D eigenvalue weighted by Gasteiger charge is -2.15. The van der Waals surface area contributed by atoms with Gasteiger partial charge in [0.15, 0.2) is 0 Å². The molecule has 0 aliphatic carbocycles. The third kappa shape index (κ3) is 2.07. The van der Waals surface area contributed by atoms with Crippen LogP contribution in [0.25, 0.3) is 0 Å². The number of nitrogen functional groups attached to an aromatic ring is 1. The van der Waals surface area contributed by atoms with Gasteiger partial charge in [-0.15, -0.1) is 0 Å². The first-order valence-electron chi connectivity index (χ1n) is 4.71. The topological polar surface area (TPSA) is 85.2 Å². The molecule has 0 spiro atoms. The van der Waals surface area contributed by atoms with Crippen LogP contribution >= 0.6 is 0 Å². The van der Waals surface area contributed by atoms with E-state index in [1.807, 2.05) is 0 Å². The highest BCUT2D eigenvalue weighted by Crippen LogP contribution is 2.17. The number of hydrogen-bond donors (Lipinski definition) is 1. The van der Waals surface area contributed by atoms with E-state index in [1.54, 1.807) is 6.07 Å². The predicted molar refractivity (Wildman–Crippen MR) is 57.8 cm³/mol. The summed E-state index contributed by atoms with van der Waals surface area (Å²) in [7, 11) is 1.48. The largest absolute Gasteiger partial charge is 0.379 e. The molecule has 2 N–H and O–H groups in total. The molecule has 2 aromatic rings. The molecule has 0 aliphatic rings. The number of halogens is 1. The fourth-order valence-electron chi connectivity index (χ4n) is 1.30. The van der Waals surface area contributed by atoms with Gasteiger partial charge in [0, 0.05) is 12.7 Å². The molecule has 0 atom stereocenters. The van der Waals surface area contributed by atoms with Crippen molar-refractivity contribution >= 4 is 17.4 Å². The molecule has 2 rings (SSSR count). The molecular formula is C10H9FN4O2. The van der Waals surface area contributed by atoms with E-state index in [0.717, 1.165) is 0 Å². The second-order valence-electron chi connectivity index (χ2n) is 3.34. The Morgan fingerprint density at radius 2 is 2.24 bits per heavy atom. The summed E-state index contributed by atoms with van der Waals surface area (Å²) in [5.41, 5.74) is 5.68. The van der Waals surface area contributed by atoms with Crippen molar-refractivity contribution in [1.29, 1.82) is 0 Å². The quantitative estimate of drug-likeness (QED) is 0.842. The summed E-state index contributed by atoms with van der Waals surface area (Å²) in [4.78, 5) is 13.1. The molecule has 88 valence electrons. The number of anilines is 2. The van der Waals surface area contributed by atoms with Crippen molar-refractivity contribution < 1.29 is 13.8 Å². The van der Waals surface area contributed by atoms with E-state index in [2.05, 4.69) is 14.9 Å². The van der Waals surface area contributed by atoms with E-state index < -0.39 is 11.7 Å². The Morgan fingerprint density at radius 1 is 1.47 bits per heavy atom. The van der Waals surface area contributed by atoms with Gasteiger partial charge in [0.1, 0.15) is 5.82 Å². The maximum Gasteiger partial charge on any atom is 0.284 e. The molecule has 0 radical (unpaired) electrons. The number of nitrogens with two attached hydrogens (primary N) is 1. The molecule has 1 heterocycles. The van der Waals surface area contributed by atoms with Crippen LogP contribution in [0.5, 0.6) is 0 Å². The summed E-state index contributed by atoms with van der Waals surface area (Å²) < 4.78 is 17.3. The van der Waals surface area contributed by atoms with Gasteiger partial charge in [-0.3, -0.25) is 4.79 Å². The van der Waals surface area contributed by atoms with Gasteiger partial charge in [-0.1, -0.05) is 6.07 Å². The van der Waals surface area contributed by atoms with Crippen LogP contribution in [0.1, 0.15) is 10.5 Å². The van der Waals surface area contributed by atoms with Gasteiger partial charge >= 0.3 is 0 Å². The highest BCUT2D eigenvalue weighted by Gasteiger charge is 2.21. The first-order chi connectivity index (χ1) is 8.09. The molecule has 0 saturated heterocycles. The molecule has 1 aromatic carbocycles. The van der Waals surface area contributed by atoms with Crippen molar-refractivity contribution in [1.82, 2.24) is 10.3 Å². The summed E-state index contributed by atoms with van der Waals surface area (Å²) >= 11 is 0. The van der Waals surface area contributed by atoms with Crippen molar-refractivity contribution in [3.8, 4) is 0 Å². The van der Waals surface area contributed by atoms with E-state index in [4.69, 9.17) is 5.73 Å². The highest BCUT2D eigenvalue weighted by molar-refractivity contribution is 6.06. The summed E-state index contributed by atoms with van der Waals surface area (Å²) in [6, 6.07) is 5.60. The molecule has 0 unspecified atom stereocenters. The molecule has 1 aromatic heterocycles. The molecule has 0 fully saturated rings. The van der Waals surface area contributed by atoms with E-state index in [0.29, 0.717) is 5.69 Å². The number of amides is 1. The summed E-state index contributed by atoms with van der Waals surface area (Å²) in [5.74, 6) is -1.05. The van der Waals surface area contributed by atoms with Crippen LogP contribution in [-0.4, -0.2) is 23.3 Å². The van der Waals surface area contributed by atoms with Crippen LogP contribution in [0, 0.1) is 5.82 Å². The Bertz CT molecular complexity index is 555. The average Bonchev–Trinajstić information content (AvgIpc) is 2.73. The molecule has 17 heavy (non-hydrogen) atoms. The normalized spacial score (nSPS) is 10.2. The summed E-state index contributed by atoms with van der Waals surface area (Å²) in [6.45, 7) is 0. The van der Waals surface area contributed by atoms with Crippen LogP contribution in [0.15, 0.2) is 28.9 Å². The van der Waals surface area contributed by atoms with Crippen molar-refractivity contribution in [2.24, 2.45) is 0 Å². The number of rotatable bonds is 2. The molecule has 0 aliphatic heterocycles. The lowest BCUT2D eigenvalue weighted by atomic mass is 10.2. The van der Waals surface area contributed by atoms with Crippen molar-refractivity contribution in [3.05, 3.63) is 35.8 Å². The Hall–Kier alpha value is -2.44. The van der Waals surface area contributed by atoms with Gasteiger partial charge in [0.25, 0.3) is 5.91 Å². The van der Waals surface area contributed by atoms with Gasteiger partial charge < -0.3 is 10.6 Å². The van der Waals surface area contributed by atoms with Crippen LogP contribution in [0.4, 0.5) is 15.9 Å². The zero-order valence-corrected chi connectivity index (χ0v) is 8.92. The Kier molecular flexibility index (Phi) is 2.73. The third-order valence-electron chi connectivity index (χ3n) is 2.22. The molecule has 6 nitrogen and oxygen atoms in total. The number of hydrogen-bond acceptors (Lipinski definition) is 5. The third-order valence-corrected chi connectivity index (χ3v) is 2.22. The zero-order valence-electron chi connectivity index (χ0n) is 8.92. The van der Waals surface area contributed by atoms with Gasteiger partial charge in [-0.05, 0) is 28.5 Å². The lowest BCUT2D eigenvalue weighted by molar-refractivity contribution is 0.0984. The Morgan fingerprint density at radius 3 is 2.82 bits per heavy atom. The number of carbonyl (C=O) groups excluding carboxylic acids is 1. The van der Waals surface area contributed by atoms with Crippen LogP contribution in [0.3, 0.4) is 0 Å². The van der Waals surface area contributed by atoms with Gasteiger partial charge in [0.2, 0.25) is 11.5 Å². The number of carbonyl (C=O) groups is 1. The minimum Gasteiger partial charge on any atom is -0.379 e. The fourth-order valence-corrected chi connectivity index (χ4v) is 1.30. The van der Waals surface area contributed by atoms with Crippen molar-refractivity contribution in [2.75, 3.05) is 17.7 Å². The fraction of sp³-hybridized carbons (Fsp3) is 0.100. The van der Waals surface area contributed by atoms with Gasteiger partial charge in [0.05, 0.1) is 0 Å².